The van der Waals surface area contributed by atoms with Crippen LogP contribution in [0.4, 0.5) is 5.69 Å². The predicted octanol–water partition coefficient (Wildman–Crippen LogP) is 2.14. The Morgan fingerprint density at radius 2 is 2.28 bits per heavy atom. The summed E-state index contributed by atoms with van der Waals surface area (Å²) in [4.78, 5) is 11.9. The molecule has 5 nitrogen and oxygen atoms in total. The van der Waals surface area contributed by atoms with Gasteiger partial charge in [-0.05, 0) is 30.5 Å². The van der Waals surface area contributed by atoms with Crippen LogP contribution in [0.5, 0.6) is 0 Å². The second kappa shape index (κ2) is 4.97. The Morgan fingerprint density at radius 1 is 1.61 bits per heavy atom. The van der Waals surface area contributed by atoms with Crippen LogP contribution in [0.15, 0.2) is 27.8 Å². The Balaban J connectivity index is 2.25. The molecule has 2 unspecified atom stereocenters. The van der Waals surface area contributed by atoms with Crippen molar-refractivity contribution >= 4 is 33.4 Å². The molecule has 0 aromatic heterocycles. The quantitative estimate of drug-likeness (QED) is 0.346. The zero-order valence-electron chi connectivity index (χ0n) is 9.85. The van der Waals surface area contributed by atoms with E-state index in [0.717, 1.165) is 10.9 Å². The first-order chi connectivity index (χ1) is 8.52. The Bertz CT molecular complexity index is 516. The smallest absolute Gasteiger partial charge is 0.227 e. The average Bonchev–Trinajstić information content (AvgIpc) is 3.06. The molecule has 1 fully saturated rings. The van der Waals surface area contributed by atoms with Crippen LogP contribution in [0.3, 0.4) is 0 Å². The lowest BCUT2D eigenvalue weighted by atomic mass is 10.1. The number of carbonyl (C=O) groups excluding carboxylic acids is 1. The number of hydrogen-bond donors (Lipinski definition) is 3. The molecule has 0 heterocycles. The van der Waals surface area contributed by atoms with Crippen LogP contribution in [0, 0.1) is 11.8 Å². The van der Waals surface area contributed by atoms with E-state index in [9.17, 15) is 4.79 Å². The molecule has 2 rings (SSSR count). The first-order valence-corrected chi connectivity index (χ1v) is 6.40. The molecule has 0 radical (unpaired) electrons. The Kier molecular flexibility index (Phi) is 3.56. The van der Waals surface area contributed by atoms with Gasteiger partial charge in [0.1, 0.15) is 0 Å². The van der Waals surface area contributed by atoms with Gasteiger partial charge in [0.05, 0.1) is 5.69 Å². The molecule has 0 bridgehead atoms. The number of amides is 1. The third-order valence-electron chi connectivity index (χ3n) is 3.07. The van der Waals surface area contributed by atoms with Crippen molar-refractivity contribution in [2.24, 2.45) is 22.7 Å². The van der Waals surface area contributed by atoms with Gasteiger partial charge in [0.15, 0.2) is 5.84 Å². The molecule has 6 heteroatoms. The standard InChI is InChI=1S/C12H14BrN3O2/c1-6-4-9(6)12(17)15-10-5-7(13)2-3-8(10)11(14)16-18/h2-3,5-6,9,18H,4H2,1H3,(H2,14,16)(H,15,17). The maximum absolute atomic E-state index is 11.9. The third kappa shape index (κ3) is 2.64. The molecule has 1 aromatic rings. The van der Waals surface area contributed by atoms with E-state index in [1.807, 2.05) is 6.92 Å². The van der Waals surface area contributed by atoms with Crippen molar-refractivity contribution in [2.75, 3.05) is 5.32 Å². The molecule has 1 aliphatic carbocycles. The Labute approximate surface area is 113 Å². The third-order valence-corrected chi connectivity index (χ3v) is 3.56. The van der Waals surface area contributed by atoms with Gasteiger partial charge < -0.3 is 16.3 Å². The number of hydrogen-bond acceptors (Lipinski definition) is 3. The number of halogens is 1. The second-order valence-electron chi connectivity index (χ2n) is 4.48. The number of oxime groups is 1. The molecule has 0 saturated heterocycles. The SMILES string of the molecule is CC1CC1C(=O)Nc1cc(Br)ccc1/C(N)=N/O. The van der Waals surface area contributed by atoms with E-state index in [1.165, 1.54) is 0 Å². The summed E-state index contributed by atoms with van der Waals surface area (Å²) < 4.78 is 0.816. The monoisotopic (exact) mass is 311 g/mol. The number of benzene rings is 1. The molecule has 96 valence electrons. The number of rotatable bonds is 3. The lowest BCUT2D eigenvalue weighted by Gasteiger charge is -2.10. The summed E-state index contributed by atoms with van der Waals surface area (Å²) in [5.41, 5.74) is 6.62. The van der Waals surface area contributed by atoms with Crippen LogP contribution in [0.1, 0.15) is 18.9 Å². The lowest BCUT2D eigenvalue weighted by Crippen LogP contribution is -2.20. The van der Waals surface area contributed by atoms with Gasteiger partial charge in [-0.1, -0.05) is 28.0 Å². The van der Waals surface area contributed by atoms with Crippen molar-refractivity contribution in [3.63, 3.8) is 0 Å². The van der Waals surface area contributed by atoms with Gasteiger partial charge in [-0.25, -0.2) is 0 Å². The van der Waals surface area contributed by atoms with Gasteiger partial charge in [0.2, 0.25) is 5.91 Å². The minimum absolute atomic E-state index is 0.0208. The Morgan fingerprint density at radius 3 is 2.83 bits per heavy atom. The van der Waals surface area contributed by atoms with E-state index in [-0.39, 0.29) is 17.7 Å². The largest absolute Gasteiger partial charge is 0.409 e. The number of anilines is 1. The summed E-state index contributed by atoms with van der Waals surface area (Å²) in [6.45, 7) is 2.04. The normalized spacial score (nSPS) is 22.7. The highest BCUT2D eigenvalue weighted by Gasteiger charge is 2.39. The van der Waals surface area contributed by atoms with E-state index < -0.39 is 0 Å². The molecular formula is C12H14BrN3O2. The summed E-state index contributed by atoms with van der Waals surface area (Å²) in [5, 5.41) is 14.5. The molecular weight excluding hydrogens is 298 g/mol. The van der Waals surface area contributed by atoms with Crippen LogP contribution >= 0.6 is 15.9 Å². The first kappa shape index (κ1) is 12.9. The number of nitrogens with one attached hydrogen (secondary N) is 1. The van der Waals surface area contributed by atoms with Crippen LogP contribution in [0.25, 0.3) is 0 Å². The summed E-state index contributed by atoms with van der Waals surface area (Å²) in [5.74, 6) is 0.461. The molecule has 18 heavy (non-hydrogen) atoms. The second-order valence-corrected chi connectivity index (χ2v) is 5.40. The Hall–Kier alpha value is -1.56. The highest BCUT2D eigenvalue weighted by Crippen LogP contribution is 2.38. The van der Waals surface area contributed by atoms with E-state index in [1.54, 1.807) is 18.2 Å². The van der Waals surface area contributed by atoms with Crippen molar-refractivity contribution in [3.8, 4) is 0 Å². The molecule has 0 spiro atoms. The first-order valence-electron chi connectivity index (χ1n) is 5.61. The summed E-state index contributed by atoms with van der Waals surface area (Å²) >= 11 is 3.33. The van der Waals surface area contributed by atoms with Gasteiger partial charge in [-0.15, -0.1) is 0 Å². The molecule has 2 atom stereocenters. The molecule has 1 aromatic carbocycles. The molecule has 1 amide bonds. The van der Waals surface area contributed by atoms with E-state index in [2.05, 4.69) is 26.4 Å². The minimum atomic E-state index is -0.0263. The van der Waals surface area contributed by atoms with Gasteiger partial charge in [0.25, 0.3) is 0 Å². The maximum Gasteiger partial charge on any atom is 0.227 e. The number of carbonyl (C=O) groups is 1. The van der Waals surface area contributed by atoms with Crippen molar-refractivity contribution in [1.82, 2.24) is 0 Å². The molecule has 1 saturated carbocycles. The zero-order chi connectivity index (χ0) is 13.3. The maximum atomic E-state index is 11.9. The summed E-state index contributed by atoms with van der Waals surface area (Å²) in [6.07, 6.45) is 0.915. The molecule has 0 aliphatic heterocycles. The fourth-order valence-electron chi connectivity index (χ4n) is 1.81. The van der Waals surface area contributed by atoms with Crippen molar-refractivity contribution in [2.45, 2.75) is 13.3 Å². The van der Waals surface area contributed by atoms with E-state index >= 15 is 0 Å². The van der Waals surface area contributed by atoms with E-state index in [4.69, 9.17) is 10.9 Å². The van der Waals surface area contributed by atoms with Gasteiger partial charge in [0, 0.05) is 16.0 Å². The van der Waals surface area contributed by atoms with Crippen LogP contribution in [-0.2, 0) is 4.79 Å². The van der Waals surface area contributed by atoms with Crippen LogP contribution in [0.2, 0.25) is 0 Å². The fraction of sp³-hybridized carbons (Fsp3) is 0.333. The number of nitrogens with zero attached hydrogens (tertiary/aromatic N) is 1. The van der Waals surface area contributed by atoms with Crippen molar-refractivity contribution < 1.29 is 10.0 Å². The predicted molar refractivity (Wildman–Crippen MR) is 72.6 cm³/mol. The highest BCUT2D eigenvalue weighted by molar-refractivity contribution is 9.10. The fourth-order valence-corrected chi connectivity index (χ4v) is 2.17. The van der Waals surface area contributed by atoms with Crippen LogP contribution < -0.4 is 11.1 Å². The van der Waals surface area contributed by atoms with Crippen molar-refractivity contribution in [3.05, 3.63) is 28.2 Å². The summed E-state index contributed by atoms with van der Waals surface area (Å²) in [7, 11) is 0. The zero-order valence-corrected chi connectivity index (χ0v) is 11.4. The van der Waals surface area contributed by atoms with E-state index in [0.29, 0.717) is 17.2 Å². The highest BCUT2D eigenvalue weighted by atomic mass is 79.9. The number of nitrogens with two attached hydrogens (primary N) is 1. The molecule has 1 aliphatic rings. The molecule has 4 N–H and O–H groups in total. The average molecular weight is 312 g/mol. The lowest BCUT2D eigenvalue weighted by molar-refractivity contribution is -0.117. The van der Waals surface area contributed by atoms with Gasteiger partial charge in [-0.2, -0.15) is 0 Å². The van der Waals surface area contributed by atoms with Gasteiger partial charge >= 0.3 is 0 Å². The minimum Gasteiger partial charge on any atom is -0.409 e. The van der Waals surface area contributed by atoms with Crippen LogP contribution in [-0.4, -0.2) is 17.0 Å². The van der Waals surface area contributed by atoms with Gasteiger partial charge in [-0.3, -0.25) is 4.79 Å². The summed E-state index contributed by atoms with van der Waals surface area (Å²) in [6, 6.07) is 5.19. The number of amidine groups is 1. The van der Waals surface area contributed by atoms with Crippen molar-refractivity contribution in [1.29, 1.82) is 0 Å². The topological polar surface area (TPSA) is 87.7 Å².